The molecule has 0 amide bonds. The van der Waals surface area contributed by atoms with Crippen LogP contribution in [0.15, 0.2) is 10.7 Å². The second-order valence-electron chi connectivity index (χ2n) is 4.08. The highest BCUT2D eigenvalue weighted by Crippen LogP contribution is 2.25. The van der Waals surface area contributed by atoms with Crippen LogP contribution in [-0.2, 0) is 4.74 Å². The summed E-state index contributed by atoms with van der Waals surface area (Å²) in [6.07, 6.45) is 2.50. The fourth-order valence-electron chi connectivity index (χ4n) is 1.85. The lowest BCUT2D eigenvalue weighted by Gasteiger charge is -2.30. The number of oxazole rings is 1. The molecule has 1 aliphatic rings. The molecule has 1 saturated heterocycles. The van der Waals surface area contributed by atoms with Crippen LogP contribution >= 0.6 is 11.8 Å². The zero-order valence-electron chi connectivity index (χ0n) is 10.7. The van der Waals surface area contributed by atoms with Crippen molar-refractivity contribution in [2.45, 2.75) is 25.5 Å². The van der Waals surface area contributed by atoms with E-state index in [9.17, 15) is 4.79 Å². The average molecular weight is 270 g/mol. The Kier molecular flexibility index (Phi) is 4.52. The number of aromatic nitrogens is 1. The van der Waals surface area contributed by atoms with Gasteiger partial charge in [0.15, 0.2) is 5.69 Å². The summed E-state index contributed by atoms with van der Waals surface area (Å²) in [6, 6.07) is 0.525. The summed E-state index contributed by atoms with van der Waals surface area (Å²) in [7, 11) is 0. The molecule has 2 heterocycles. The van der Waals surface area contributed by atoms with E-state index in [2.05, 4.69) is 16.8 Å². The van der Waals surface area contributed by atoms with Gasteiger partial charge in [0.1, 0.15) is 6.26 Å². The fourth-order valence-corrected chi connectivity index (χ4v) is 3.03. The van der Waals surface area contributed by atoms with Gasteiger partial charge in [-0.25, -0.2) is 4.79 Å². The minimum atomic E-state index is -0.425. The van der Waals surface area contributed by atoms with Crippen molar-refractivity contribution in [3.8, 4) is 0 Å². The molecule has 0 aliphatic carbocycles. The van der Waals surface area contributed by atoms with Crippen molar-refractivity contribution in [2.24, 2.45) is 0 Å². The number of carbonyl (C=O) groups is 1. The van der Waals surface area contributed by atoms with E-state index in [1.54, 1.807) is 6.92 Å². The van der Waals surface area contributed by atoms with E-state index in [1.165, 1.54) is 6.26 Å². The van der Waals surface area contributed by atoms with Crippen LogP contribution in [0.1, 0.15) is 30.8 Å². The molecule has 100 valence electrons. The second kappa shape index (κ2) is 6.13. The molecule has 0 radical (unpaired) electrons. The minimum Gasteiger partial charge on any atom is -0.461 e. The third kappa shape index (κ3) is 2.98. The Hall–Kier alpha value is -1.17. The van der Waals surface area contributed by atoms with E-state index in [4.69, 9.17) is 9.15 Å². The van der Waals surface area contributed by atoms with Gasteiger partial charge in [-0.3, -0.25) is 0 Å². The van der Waals surface area contributed by atoms with E-state index >= 15 is 0 Å². The number of hydrogen-bond donors (Lipinski definition) is 0. The predicted octanol–water partition coefficient (Wildman–Crippen LogP) is 2.18. The highest BCUT2D eigenvalue weighted by atomic mass is 32.2. The van der Waals surface area contributed by atoms with E-state index in [-0.39, 0.29) is 5.69 Å². The molecule has 0 bridgehead atoms. The predicted molar refractivity (Wildman–Crippen MR) is 71.2 cm³/mol. The molecule has 0 spiro atoms. The molecule has 2 rings (SSSR count). The smallest absolute Gasteiger partial charge is 0.360 e. The largest absolute Gasteiger partial charge is 0.461 e. The van der Waals surface area contributed by atoms with Crippen molar-refractivity contribution in [3.63, 3.8) is 0 Å². The van der Waals surface area contributed by atoms with Crippen molar-refractivity contribution in [2.75, 3.05) is 30.3 Å². The third-order valence-corrected chi connectivity index (χ3v) is 4.21. The quantitative estimate of drug-likeness (QED) is 0.782. The molecule has 5 nitrogen and oxygen atoms in total. The van der Waals surface area contributed by atoms with Crippen LogP contribution in [0.25, 0.3) is 0 Å². The van der Waals surface area contributed by atoms with Crippen LogP contribution in [0, 0.1) is 0 Å². The topological polar surface area (TPSA) is 55.6 Å². The van der Waals surface area contributed by atoms with Crippen LogP contribution in [0.2, 0.25) is 0 Å². The molecule has 1 aliphatic heterocycles. The highest BCUT2D eigenvalue weighted by molar-refractivity contribution is 8.00. The van der Waals surface area contributed by atoms with Gasteiger partial charge in [-0.1, -0.05) is 6.92 Å². The van der Waals surface area contributed by atoms with E-state index in [0.717, 1.165) is 25.3 Å². The summed E-state index contributed by atoms with van der Waals surface area (Å²) in [5, 5.41) is 0.608. The lowest BCUT2D eigenvalue weighted by Crippen LogP contribution is -2.37. The van der Waals surface area contributed by atoms with Crippen molar-refractivity contribution < 1.29 is 13.9 Å². The molecule has 0 aromatic carbocycles. The lowest BCUT2D eigenvalue weighted by atomic mass is 10.3. The summed E-state index contributed by atoms with van der Waals surface area (Å²) in [5.41, 5.74) is 0.248. The van der Waals surface area contributed by atoms with Gasteiger partial charge in [0, 0.05) is 24.1 Å². The number of ether oxygens (including phenoxy) is 1. The molecule has 18 heavy (non-hydrogen) atoms. The maximum Gasteiger partial charge on any atom is 0.360 e. The Morgan fingerprint density at radius 1 is 1.67 bits per heavy atom. The first kappa shape index (κ1) is 13.3. The first-order valence-corrected chi connectivity index (χ1v) is 7.28. The van der Waals surface area contributed by atoms with Crippen molar-refractivity contribution in [1.29, 1.82) is 0 Å². The molecular formula is C12H18N2O3S. The number of anilines is 1. The van der Waals surface area contributed by atoms with E-state index < -0.39 is 5.97 Å². The molecular weight excluding hydrogens is 252 g/mol. The van der Waals surface area contributed by atoms with Crippen molar-refractivity contribution in [1.82, 2.24) is 4.98 Å². The zero-order valence-corrected chi connectivity index (χ0v) is 11.5. The molecule has 1 aromatic heterocycles. The Bertz CT molecular complexity index is 408. The van der Waals surface area contributed by atoms with Crippen molar-refractivity contribution in [3.05, 3.63) is 12.0 Å². The Labute approximate surface area is 111 Å². The van der Waals surface area contributed by atoms with Gasteiger partial charge in [-0.2, -0.15) is 16.7 Å². The maximum atomic E-state index is 11.5. The van der Waals surface area contributed by atoms with Crippen molar-refractivity contribution >= 4 is 23.7 Å². The Balaban J connectivity index is 2.03. The summed E-state index contributed by atoms with van der Waals surface area (Å²) in [4.78, 5) is 17.8. The number of nitrogens with zero attached hydrogens (tertiary/aromatic N) is 2. The minimum absolute atomic E-state index is 0.248. The van der Waals surface area contributed by atoms with Crippen LogP contribution in [0.3, 0.4) is 0 Å². The highest BCUT2D eigenvalue weighted by Gasteiger charge is 2.23. The number of carbonyl (C=O) groups excluding carboxylic acids is 1. The van der Waals surface area contributed by atoms with Gasteiger partial charge in [0.05, 0.1) is 6.61 Å². The molecule has 1 aromatic rings. The number of thioether (sulfide) groups is 1. The summed E-state index contributed by atoms with van der Waals surface area (Å²) in [5.74, 6) is 0.640. The molecule has 0 saturated carbocycles. The van der Waals surface area contributed by atoms with Gasteiger partial charge in [0.25, 0.3) is 6.01 Å². The van der Waals surface area contributed by atoms with Crippen LogP contribution in [-0.4, -0.2) is 41.7 Å². The SMILES string of the molecule is CCOC(=O)c1coc(N2CCSC(CC)C2)n1. The van der Waals surface area contributed by atoms with Crippen LogP contribution in [0.5, 0.6) is 0 Å². The maximum absolute atomic E-state index is 11.5. The van der Waals surface area contributed by atoms with Crippen LogP contribution in [0.4, 0.5) is 6.01 Å². The first-order valence-electron chi connectivity index (χ1n) is 6.23. The van der Waals surface area contributed by atoms with Gasteiger partial charge >= 0.3 is 5.97 Å². The number of rotatable bonds is 4. The second-order valence-corrected chi connectivity index (χ2v) is 5.49. The summed E-state index contributed by atoms with van der Waals surface area (Å²) >= 11 is 1.98. The molecule has 1 unspecified atom stereocenters. The molecule has 1 fully saturated rings. The van der Waals surface area contributed by atoms with E-state index in [0.29, 0.717) is 17.9 Å². The first-order chi connectivity index (χ1) is 8.74. The van der Waals surface area contributed by atoms with Gasteiger partial charge in [-0.05, 0) is 13.3 Å². The standard InChI is InChI=1S/C12H18N2O3S/c1-3-9-7-14(5-6-18-9)12-13-10(8-17-12)11(15)16-4-2/h8-9H,3-7H2,1-2H3. The summed E-state index contributed by atoms with van der Waals surface area (Å²) in [6.45, 7) is 6.13. The number of hydrogen-bond acceptors (Lipinski definition) is 6. The average Bonchev–Trinajstić information content (AvgIpc) is 2.89. The van der Waals surface area contributed by atoms with E-state index in [1.807, 2.05) is 11.8 Å². The van der Waals surface area contributed by atoms with Gasteiger partial charge in [-0.15, -0.1) is 0 Å². The summed E-state index contributed by atoms with van der Waals surface area (Å²) < 4.78 is 10.3. The molecule has 0 N–H and O–H groups in total. The Morgan fingerprint density at radius 3 is 3.22 bits per heavy atom. The fraction of sp³-hybridized carbons (Fsp3) is 0.667. The lowest BCUT2D eigenvalue weighted by molar-refractivity contribution is 0.0519. The molecule has 1 atom stereocenters. The molecule has 6 heteroatoms. The monoisotopic (exact) mass is 270 g/mol. The Morgan fingerprint density at radius 2 is 2.50 bits per heavy atom. The third-order valence-electron chi connectivity index (χ3n) is 2.84. The zero-order chi connectivity index (χ0) is 13.0. The van der Waals surface area contributed by atoms with Crippen LogP contribution < -0.4 is 4.90 Å². The number of esters is 1. The normalized spacial score (nSPS) is 19.9. The van der Waals surface area contributed by atoms with Gasteiger partial charge in [0.2, 0.25) is 0 Å². The van der Waals surface area contributed by atoms with Gasteiger partial charge < -0.3 is 14.1 Å².